The Labute approximate surface area is 206 Å². The largest absolute Gasteiger partial charge is 0.481 e. The molecule has 2 amide bonds. The van der Waals surface area contributed by atoms with Gasteiger partial charge in [-0.05, 0) is 55.3 Å². The molecule has 3 aromatic rings. The summed E-state index contributed by atoms with van der Waals surface area (Å²) < 4.78 is 30.2. The van der Waals surface area contributed by atoms with Crippen molar-refractivity contribution in [2.45, 2.75) is 19.4 Å². The van der Waals surface area contributed by atoms with E-state index in [9.17, 15) is 18.0 Å². The summed E-state index contributed by atoms with van der Waals surface area (Å²) in [5.41, 5.74) is 2.34. The minimum absolute atomic E-state index is 0.281. The fourth-order valence-corrected chi connectivity index (χ4v) is 3.77. The monoisotopic (exact) mass is 495 g/mol. The molecule has 0 aliphatic heterocycles. The van der Waals surface area contributed by atoms with Crippen molar-refractivity contribution in [3.05, 3.63) is 90.0 Å². The van der Waals surface area contributed by atoms with Crippen LogP contribution in [0.25, 0.3) is 0 Å². The summed E-state index contributed by atoms with van der Waals surface area (Å²) in [6.07, 6.45) is 0.957. The van der Waals surface area contributed by atoms with Crippen LogP contribution < -0.4 is 19.7 Å². The third-order valence-electron chi connectivity index (χ3n) is 5.35. The Kier molecular flexibility index (Phi) is 8.48. The third kappa shape index (κ3) is 7.31. The summed E-state index contributed by atoms with van der Waals surface area (Å²) in [7, 11) is -1.92. The number of hydrogen-bond acceptors (Lipinski definition) is 5. The van der Waals surface area contributed by atoms with Crippen molar-refractivity contribution >= 4 is 33.2 Å². The Balaban J connectivity index is 1.59. The fourth-order valence-electron chi connectivity index (χ4n) is 3.27. The van der Waals surface area contributed by atoms with E-state index in [1.54, 1.807) is 55.5 Å². The first kappa shape index (κ1) is 25.8. The number of nitrogens with one attached hydrogen (secondary N) is 2. The van der Waals surface area contributed by atoms with Gasteiger partial charge in [-0.1, -0.05) is 42.5 Å². The highest BCUT2D eigenvalue weighted by molar-refractivity contribution is 7.92. The van der Waals surface area contributed by atoms with Crippen molar-refractivity contribution in [1.29, 1.82) is 0 Å². The highest BCUT2D eigenvalue weighted by atomic mass is 32.2. The van der Waals surface area contributed by atoms with Gasteiger partial charge in [-0.25, -0.2) is 8.42 Å². The van der Waals surface area contributed by atoms with Crippen molar-refractivity contribution in [2.75, 3.05) is 29.5 Å². The first-order valence-electron chi connectivity index (χ1n) is 11.1. The van der Waals surface area contributed by atoms with E-state index >= 15 is 0 Å². The van der Waals surface area contributed by atoms with E-state index in [2.05, 4.69) is 10.6 Å². The Bertz CT molecular complexity index is 1260. The van der Waals surface area contributed by atoms with Gasteiger partial charge in [0.25, 0.3) is 11.8 Å². The molecule has 9 heteroatoms. The number of benzene rings is 3. The SMILES string of the molecule is C[C@H](Oc1ccc(N(C)S(C)(=O)=O)cc1)C(=O)Nc1ccccc1C(=O)NCCc1ccccc1. The van der Waals surface area contributed by atoms with Gasteiger partial charge in [-0.2, -0.15) is 0 Å². The number of ether oxygens (including phenoxy) is 1. The molecule has 3 aromatic carbocycles. The molecule has 0 aliphatic rings. The standard InChI is InChI=1S/C26H29N3O5S/c1-19(34-22-15-13-21(14-16-22)29(2)35(3,32)33)25(30)28-24-12-8-7-11-23(24)26(31)27-18-17-20-9-5-4-6-10-20/h4-16,19H,17-18H2,1-3H3,(H,27,31)(H,28,30)/t19-/m0/s1. The lowest BCUT2D eigenvalue weighted by Crippen LogP contribution is -2.32. The van der Waals surface area contributed by atoms with E-state index in [0.717, 1.165) is 16.1 Å². The minimum atomic E-state index is -3.38. The minimum Gasteiger partial charge on any atom is -0.481 e. The Morgan fingerprint density at radius 3 is 2.23 bits per heavy atom. The van der Waals surface area contributed by atoms with Crippen LogP contribution in [0.2, 0.25) is 0 Å². The first-order chi connectivity index (χ1) is 16.6. The molecular weight excluding hydrogens is 466 g/mol. The first-order valence-corrected chi connectivity index (χ1v) is 12.9. The van der Waals surface area contributed by atoms with Gasteiger partial charge in [0, 0.05) is 13.6 Å². The summed E-state index contributed by atoms with van der Waals surface area (Å²) >= 11 is 0. The number of rotatable bonds is 10. The normalized spacial score (nSPS) is 11.9. The van der Waals surface area contributed by atoms with Crippen molar-refractivity contribution in [2.24, 2.45) is 0 Å². The second kappa shape index (κ2) is 11.5. The number of nitrogens with zero attached hydrogens (tertiary/aromatic N) is 1. The molecule has 0 saturated carbocycles. The van der Waals surface area contributed by atoms with Crippen LogP contribution in [0, 0.1) is 0 Å². The molecular formula is C26H29N3O5S. The van der Waals surface area contributed by atoms with E-state index in [1.807, 2.05) is 30.3 Å². The van der Waals surface area contributed by atoms with Gasteiger partial charge in [-0.15, -0.1) is 0 Å². The number of hydrogen-bond donors (Lipinski definition) is 2. The lowest BCUT2D eigenvalue weighted by Gasteiger charge is -2.19. The van der Waals surface area contributed by atoms with E-state index in [0.29, 0.717) is 35.7 Å². The molecule has 35 heavy (non-hydrogen) atoms. The molecule has 2 N–H and O–H groups in total. The summed E-state index contributed by atoms with van der Waals surface area (Å²) in [6, 6.07) is 23.0. The molecule has 0 aromatic heterocycles. The van der Waals surface area contributed by atoms with Gasteiger partial charge in [0.1, 0.15) is 5.75 Å². The number of amides is 2. The molecule has 0 bridgehead atoms. The fraction of sp³-hybridized carbons (Fsp3) is 0.231. The quantitative estimate of drug-likeness (QED) is 0.448. The Morgan fingerprint density at radius 2 is 1.57 bits per heavy atom. The van der Waals surface area contributed by atoms with Crippen LogP contribution in [0.4, 0.5) is 11.4 Å². The number of sulfonamides is 1. The van der Waals surface area contributed by atoms with Crippen LogP contribution in [0.1, 0.15) is 22.8 Å². The van der Waals surface area contributed by atoms with Crippen molar-refractivity contribution < 1.29 is 22.7 Å². The molecule has 0 radical (unpaired) electrons. The molecule has 0 unspecified atom stereocenters. The maximum atomic E-state index is 12.7. The molecule has 1 atom stereocenters. The highest BCUT2D eigenvalue weighted by Gasteiger charge is 2.19. The van der Waals surface area contributed by atoms with Gasteiger partial charge >= 0.3 is 0 Å². The van der Waals surface area contributed by atoms with Crippen molar-refractivity contribution in [1.82, 2.24) is 5.32 Å². The van der Waals surface area contributed by atoms with E-state index < -0.39 is 22.0 Å². The Hall–Kier alpha value is -3.85. The number of carbonyl (C=O) groups is 2. The van der Waals surface area contributed by atoms with Gasteiger partial charge in [0.05, 0.1) is 23.2 Å². The molecule has 0 spiro atoms. The molecule has 8 nitrogen and oxygen atoms in total. The van der Waals surface area contributed by atoms with Crippen molar-refractivity contribution in [3.63, 3.8) is 0 Å². The zero-order valence-electron chi connectivity index (χ0n) is 19.9. The smallest absolute Gasteiger partial charge is 0.265 e. The molecule has 0 heterocycles. The van der Waals surface area contributed by atoms with E-state index in [-0.39, 0.29) is 5.91 Å². The molecule has 0 aliphatic carbocycles. The summed E-state index contributed by atoms with van der Waals surface area (Å²) in [4.78, 5) is 25.5. The van der Waals surface area contributed by atoms with Crippen LogP contribution in [-0.2, 0) is 21.2 Å². The van der Waals surface area contributed by atoms with Crippen LogP contribution in [0.15, 0.2) is 78.9 Å². The molecule has 0 saturated heterocycles. The summed E-state index contributed by atoms with van der Waals surface area (Å²) in [5, 5.41) is 5.64. The van der Waals surface area contributed by atoms with Gasteiger partial charge in [-0.3, -0.25) is 13.9 Å². The van der Waals surface area contributed by atoms with Gasteiger partial charge < -0.3 is 15.4 Å². The van der Waals surface area contributed by atoms with Crippen molar-refractivity contribution in [3.8, 4) is 5.75 Å². The average Bonchev–Trinajstić information content (AvgIpc) is 2.84. The van der Waals surface area contributed by atoms with Crippen LogP contribution >= 0.6 is 0 Å². The van der Waals surface area contributed by atoms with Crippen LogP contribution in [-0.4, -0.2) is 46.2 Å². The summed E-state index contributed by atoms with van der Waals surface area (Å²) in [6.45, 7) is 2.06. The third-order valence-corrected chi connectivity index (χ3v) is 6.56. The number of anilines is 2. The van der Waals surface area contributed by atoms with Crippen LogP contribution in [0.3, 0.4) is 0 Å². The lowest BCUT2D eigenvalue weighted by atomic mass is 10.1. The second-order valence-electron chi connectivity index (χ2n) is 8.01. The molecule has 3 rings (SSSR count). The molecule has 0 fully saturated rings. The Morgan fingerprint density at radius 1 is 0.943 bits per heavy atom. The summed E-state index contributed by atoms with van der Waals surface area (Å²) in [5.74, 6) is -0.298. The second-order valence-corrected chi connectivity index (χ2v) is 10.0. The predicted molar refractivity (Wildman–Crippen MR) is 137 cm³/mol. The number of para-hydroxylation sites is 1. The predicted octanol–water partition coefficient (Wildman–Crippen LogP) is 3.46. The van der Waals surface area contributed by atoms with E-state index in [1.165, 1.54) is 7.05 Å². The van der Waals surface area contributed by atoms with Gasteiger partial charge in [0.15, 0.2) is 6.10 Å². The highest BCUT2D eigenvalue weighted by Crippen LogP contribution is 2.22. The van der Waals surface area contributed by atoms with Gasteiger partial charge in [0.2, 0.25) is 10.0 Å². The van der Waals surface area contributed by atoms with Crippen LogP contribution in [0.5, 0.6) is 5.75 Å². The molecule has 184 valence electrons. The zero-order chi connectivity index (χ0) is 25.4. The maximum absolute atomic E-state index is 12.7. The number of carbonyl (C=O) groups excluding carboxylic acids is 2. The lowest BCUT2D eigenvalue weighted by molar-refractivity contribution is -0.122. The maximum Gasteiger partial charge on any atom is 0.265 e. The topological polar surface area (TPSA) is 105 Å². The average molecular weight is 496 g/mol. The van der Waals surface area contributed by atoms with E-state index in [4.69, 9.17) is 4.74 Å². The zero-order valence-corrected chi connectivity index (χ0v) is 20.7.